The summed E-state index contributed by atoms with van der Waals surface area (Å²) in [5.41, 5.74) is 4.08. The summed E-state index contributed by atoms with van der Waals surface area (Å²) >= 11 is 6.10. The van der Waals surface area contributed by atoms with Crippen molar-refractivity contribution in [1.82, 2.24) is 0 Å². The molecule has 1 atom stereocenters. The van der Waals surface area contributed by atoms with Crippen LogP contribution in [0.1, 0.15) is 57.6 Å². The van der Waals surface area contributed by atoms with E-state index in [1.807, 2.05) is 6.07 Å². The summed E-state index contributed by atoms with van der Waals surface area (Å²) in [6.07, 6.45) is 7.03. The van der Waals surface area contributed by atoms with Crippen LogP contribution in [0.25, 0.3) is 0 Å². The van der Waals surface area contributed by atoms with Gasteiger partial charge in [-0.3, -0.25) is 0 Å². The molecule has 0 amide bonds. The monoisotopic (exact) mass is 278 g/mol. The van der Waals surface area contributed by atoms with Gasteiger partial charge in [-0.25, -0.2) is 0 Å². The van der Waals surface area contributed by atoms with Gasteiger partial charge in [0, 0.05) is 5.02 Å². The van der Waals surface area contributed by atoms with E-state index in [9.17, 15) is 0 Å². The summed E-state index contributed by atoms with van der Waals surface area (Å²) in [4.78, 5) is 0. The molecule has 0 spiro atoms. The van der Waals surface area contributed by atoms with Gasteiger partial charge >= 0.3 is 0 Å². The number of hydrogen-bond donors (Lipinski definition) is 0. The van der Waals surface area contributed by atoms with Crippen molar-refractivity contribution in [3.8, 4) is 0 Å². The molecule has 1 heteroatoms. The van der Waals surface area contributed by atoms with Gasteiger partial charge in [0.15, 0.2) is 0 Å². The van der Waals surface area contributed by atoms with Crippen LogP contribution >= 0.6 is 11.6 Å². The predicted molar refractivity (Wildman–Crippen MR) is 87.0 cm³/mol. The van der Waals surface area contributed by atoms with Gasteiger partial charge in [0.2, 0.25) is 0 Å². The summed E-state index contributed by atoms with van der Waals surface area (Å²) < 4.78 is 0. The average Bonchev–Trinajstić information content (AvgIpc) is 2.37. The second kappa shape index (κ2) is 8.43. The van der Waals surface area contributed by atoms with Gasteiger partial charge in [0.25, 0.3) is 0 Å². The van der Waals surface area contributed by atoms with E-state index in [2.05, 4.69) is 39.5 Å². The van der Waals surface area contributed by atoms with E-state index in [1.165, 1.54) is 36.0 Å². The summed E-state index contributed by atoms with van der Waals surface area (Å²) in [5, 5.41) is 0.833. The maximum atomic E-state index is 6.10. The lowest BCUT2D eigenvalue weighted by atomic mass is 9.93. The zero-order valence-corrected chi connectivity index (χ0v) is 13.4. The van der Waals surface area contributed by atoms with E-state index in [0.717, 1.165) is 30.2 Å². The molecule has 1 rings (SSSR count). The van der Waals surface area contributed by atoms with E-state index in [-0.39, 0.29) is 0 Å². The topological polar surface area (TPSA) is 0 Å². The first-order valence-electron chi connectivity index (χ1n) is 7.50. The summed E-state index contributed by atoms with van der Waals surface area (Å²) in [6.45, 7) is 11.0. The van der Waals surface area contributed by atoms with Crippen LogP contribution in [-0.4, -0.2) is 0 Å². The molecule has 1 aromatic rings. The smallest absolute Gasteiger partial charge is 0.0409 e. The van der Waals surface area contributed by atoms with Crippen LogP contribution in [-0.2, 0) is 12.8 Å². The molecule has 0 radical (unpaired) electrons. The van der Waals surface area contributed by atoms with Crippen molar-refractivity contribution in [1.29, 1.82) is 0 Å². The van der Waals surface area contributed by atoms with Gasteiger partial charge in [-0.05, 0) is 54.9 Å². The number of hydrogen-bond acceptors (Lipinski definition) is 0. The molecule has 0 aliphatic carbocycles. The predicted octanol–water partition coefficient (Wildman–Crippen LogP) is 6.22. The van der Waals surface area contributed by atoms with Gasteiger partial charge in [0.1, 0.15) is 0 Å². The third kappa shape index (κ3) is 5.82. The molecule has 0 nitrogen and oxygen atoms in total. The Kier molecular flexibility index (Phi) is 7.23. The highest BCUT2D eigenvalue weighted by Crippen LogP contribution is 2.22. The highest BCUT2D eigenvalue weighted by atomic mass is 35.5. The number of benzene rings is 1. The van der Waals surface area contributed by atoms with Crippen molar-refractivity contribution in [3.63, 3.8) is 0 Å². The largest absolute Gasteiger partial charge is 0.0995 e. The first kappa shape index (κ1) is 16.3. The molecule has 0 bridgehead atoms. The van der Waals surface area contributed by atoms with Crippen molar-refractivity contribution in [3.05, 3.63) is 46.5 Å². The summed E-state index contributed by atoms with van der Waals surface area (Å²) in [6, 6.07) is 6.22. The van der Waals surface area contributed by atoms with Crippen LogP contribution in [0.15, 0.2) is 30.4 Å². The Morgan fingerprint density at radius 1 is 1.21 bits per heavy atom. The Bertz CT molecular complexity index is 406. The molecule has 0 heterocycles. The normalized spacial score (nSPS) is 12.4. The van der Waals surface area contributed by atoms with Crippen LogP contribution in [0.3, 0.4) is 0 Å². The third-order valence-corrected chi connectivity index (χ3v) is 4.00. The highest BCUT2D eigenvalue weighted by molar-refractivity contribution is 6.30. The minimum Gasteiger partial charge on any atom is -0.0995 e. The zero-order chi connectivity index (χ0) is 14.3. The molecule has 0 aliphatic heterocycles. The Morgan fingerprint density at radius 2 is 1.95 bits per heavy atom. The summed E-state index contributed by atoms with van der Waals surface area (Å²) in [7, 11) is 0. The van der Waals surface area contributed by atoms with Gasteiger partial charge in [-0.2, -0.15) is 0 Å². The fourth-order valence-corrected chi connectivity index (χ4v) is 2.74. The Hall–Kier alpha value is -0.750. The van der Waals surface area contributed by atoms with Crippen molar-refractivity contribution in [2.75, 3.05) is 0 Å². The minimum atomic E-state index is 0.812. The Labute approximate surface area is 123 Å². The molecule has 0 saturated carbocycles. The van der Waals surface area contributed by atoms with Gasteiger partial charge in [-0.15, -0.1) is 0 Å². The molecule has 106 valence electrons. The first-order chi connectivity index (χ1) is 9.06. The van der Waals surface area contributed by atoms with E-state index >= 15 is 0 Å². The van der Waals surface area contributed by atoms with Crippen molar-refractivity contribution in [2.45, 2.75) is 59.3 Å². The number of allylic oxidation sites excluding steroid dienone is 1. The summed E-state index contributed by atoms with van der Waals surface area (Å²) in [5.74, 6) is 0.812. The molecule has 1 aromatic carbocycles. The Balaban J connectivity index is 2.54. The zero-order valence-electron chi connectivity index (χ0n) is 12.6. The lowest BCUT2D eigenvalue weighted by Gasteiger charge is -2.13. The molecule has 0 aromatic heterocycles. The van der Waals surface area contributed by atoms with Crippen LogP contribution in [0.4, 0.5) is 0 Å². The number of rotatable bonds is 8. The van der Waals surface area contributed by atoms with E-state index in [0.29, 0.717) is 0 Å². The number of halogens is 1. The SMILES string of the molecule is C=C(CCC(C)CCC)Cc1cc(Cl)ccc1CC. The van der Waals surface area contributed by atoms with Gasteiger partial charge in [0.05, 0.1) is 0 Å². The molecule has 19 heavy (non-hydrogen) atoms. The van der Waals surface area contributed by atoms with Crippen LogP contribution < -0.4 is 0 Å². The lowest BCUT2D eigenvalue weighted by Crippen LogP contribution is -1.99. The molecule has 0 N–H and O–H groups in total. The molecule has 0 aliphatic rings. The number of aryl methyl sites for hydroxylation is 1. The fourth-order valence-electron chi connectivity index (χ4n) is 2.55. The Morgan fingerprint density at radius 3 is 2.58 bits per heavy atom. The minimum absolute atomic E-state index is 0.812. The molecule has 0 fully saturated rings. The molecule has 0 saturated heterocycles. The van der Waals surface area contributed by atoms with Crippen LogP contribution in [0.5, 0.6) is 0 Å². The van der Waals surface area contributed by atoms with Gasteiger partial charge < -0.3 is 0 Å². The average molecular weight is 279 g/mol. The maximum absolute atomic E-state index is 6.10. The fraction of sp³-hybridized carbons (Fsp3) is 0.556. The first-order valence-corrected chi connectivity index (χ1v) is 7.88. The maximum Gasteiger partial charge on any atom is 0.0409 e. The molecular weight excluding hydrogens is 252 g/mol. The lowest BCUT2D eigenvalue weighted by molar-refractivity contribution is 0.484. The highest BCUT2D eigenvalue weighted by Gasteiger charge is 2.06. The van der Waals surface area contributed by atoms with E-state index in [4.69, 9.17) is 11.6 Å². The van der Waals surface area contributed by atoms with Crippen molar-refractivity contribution < 1.29 is 0 Å². The van der Waals surface area contributed by atoms with Crippen LogP contribution in [0, 0.1) is 5.92 Å². The molecular formula is C18H27Cl. The standard InChI is InChI=1S/C18H27Cl/c1-5-7-14(3)8-9-15(4)12-17-13-18(19)11-10-16(17)6-2/h10-11,13-14H,4-9,12H2,1-3H3. The van der Waals surface area contributed by atoms with E-state index < -0.39 is 0 Å². The third-order valence-electron chi connectivity index (χ3n) is 3.76. The second-order valence-corrected chi connectivity index (χ2v) is 6.06. The van der Waals surface area contributed by atoms with Gasteiger partial charge in [-0.1, -0.05) is 63.4 Å². The van der Waals surface area contributed by atoms with E-state index in [1.54, 1.807) is 0 Å². The van der Waals surface area contributed by atoms with Crippen molar-refractivity contribution >= 4 is 11.6 Å². The second-order valence-electron chi connectivity index (χ2n) is 5.63. The van der Waals surface area contributed by atoms with Crippen LogP contribution in [0.2, 0.25) is 5.02 Å². The van der Waals surface area contributed by atoms with Crippen molar-refractivity contribution in [2.24, 2.45) is 5.92 Å². The molecule has 1 unspecified atom stereocenters. The quantitative estimate of drug-likeness (QED) is 0.495.